The van der Waals surface area contributed by atoms with Gasteiger partial charge in [0.15, 0.2) is 0 Å². The minimum absolute atomic E-state index is 0.152. The topological polar surface area (TPSA) is 41.6 Å². The van der Waals surface area contributed by atoms with Crippen LogP contribution in [0.4, 0.5) is 0 Å². The molecule has 1 aliphatic heterocycles. The van der Waals surface area contributed by atoms with Crippen LogP contribution in [-0.4, -0.2) is 36.6 Å². The van der Waals surface area contributed by atoms with E-state index >= 15 is 0 Å². The summed E-state index contributed by atoms with van der Waals surface area (Å²) >= 11 is 0. The molecule has 0 spiro atoms. The van der Waals surface area contributed by atoms with Crippen molar-refractivity contribution >= 4 is 5.97 Å². The Morgan fingerprint density at radius 2 is 1.95 bits per heavy atom. The summed E-state index contributed by atoms with van der Waals surface area (Å²) < 4.78 is 5.12. The van der Waals surface area contributed by atoms with Gasteiger partial charge in [0.1, 0.15) is 6.04 Å². The lowest BCUT2D eigenvalue weighted by molar-refractivity contribution is -0.146. The van der Waals surface area contributed by atoms with Crippen LogP contribution in [0.1, 0.15) is 25.0 Å². The van der Waals surface area contributed by atoms with Gasteiger partial charge in [-0.05, 0) is 24.6 Å². The average molecular weight is 262 g/mol. The Morgan fingerprint density at radius 3 is 2.47 bits per heavy atom. The molecule has 0 aromatic heterocycles. The minimum Gasteiger partial charge on any atom is -0.465 e. The maximum atomic E-state index is 11.9. The highest BCUT2D eigenvalue weighted by Crippen LogP contribution is 2.22. The Morgan fingerprint density at radius 1 is 1.32 bits per heavy atom. The second-order valence-corrected chi connectivity index (χ2v) is 4.80. The molecule has 0 saturated carbocycles. The largest absolute Gasteiger partial charge is 0.465 e. The third-order valence-electron chi connectivity index (χ3n) is 3.37. The summed E-state index contributed by atoms with van der Waals surface area (Å²) in [6.45, 7) is 7.57. The van der Waals surface area contributed by atoms with E-state index in [0.717, 1.165) is 19.6 Å². The SMILES string of the molecule is CCNC(CN1Cc2ccccc2C1)C(=O)OCC. The van der Waals surface area contributed by atoms with Crippen LogP contribution in [0.3, 0.4) is 0 Å². The summed E-state index contributed by atoms with van der Waals surface area (Å²) in [4.78, 5) is 14.2. The second kappa shape index (κ2) is 6.68. The lowest BCUT2D eigenvalue weighted by Crippen LogP contribution is -2.45. The number of hydrogen-bond acceptors (Lipinski definition) is 4. The molecule has 0 radical (unpaired) electrons. The normalized spacial score (nSPS) is 16.1. The first kappa shape index (κ1) is 14.0. The predicted octanol–water partition coefficient (Wildman–Crippen LogP) is 1.54. The molecular weight excluding hydrogens is 240 g/mol. The lowest BCUT2D eigenvalue weighted by atomic mass is 10.1. The molecule has 1 atom stereocenters. The Balaban J connectivity index is 1.94. The minimum atomic E-state index is -0.237. The van der Waals surface area contributed by atoms with Crippen molar-refractivity contribution in [3.05, 3.63) is 35.4 Å². The van der Waals surface area contributed by atoms with Gasteiger partial charge in [0.25, 0.3) is 0 Å². The number of fused-ring (bicyclic) bond motifs is 1. The zero-order valence-corrected chi connectivity index (χ0v) is 11.7. The molecule has 1 N–H and O–H groups in total. The van der Waals surface area contributed by atoms with E-state index in [1.165, 1.54) is 11.1 Å². The van der Waals surface area contributed by atoms with Gasteiger partial charge in [0, 0.05) is 19.6 Å². The van der Waals surface area contributed by atoms with Crippen molar-refractivity contribution in [2.75, 3.05) is 19.7 Å². The van der Waals surface area contributed by atoms with Crippen LogP contribution in [-0.2, 0) is 22.6 Å². The van der Waals surface area contributed by atoms with Gasteiger partial charge in [-0.15, -0.1) is 0 Å². The number of ether oxygens (including phenoxy) is 1. The molecule has 0 bridgehead atoms. The molecule has 104 valence electrons. The molecular formula is C15H22N2O2. The molecule has 1 aliphatic rings. The van der Waals surface area contributed by atoms with Gasteiger partial charge in [-0.25, -0.2) is 0 Å². The molecule has 0 saturated heterocycles. The van der Waals surface area contributed by atoms with Crippen molar-refractivity contribution in [2.24, 2.45) is 0 Å². The van der Waals surface area contributed by atoms with Crippen LogP contribution >= 0.6 is 0 Å². The van der Waals surface area contributed by atoms with Crippen molar-refractivity contribution in [2.45, 2.75) is 33.0 Å². The Kier molecular flexibility index (Phi) is 4.93. The summed E-state index contributed by atoms with van der Waals surface area (Å²) in [5, 5.41) is 3.20. The molecule has 4 heteroatoms. The first-order valence-electron chi connectivity index (χ1n) is 6.93. The highest BCUT2D eigenvalue weighted by atomic mass is 16.5. The maximum absolute atomic E-state index is 11.9. The molecule has 1 unspecified atom stereocenters. The van der Waals surface area contributed by atoms with E-state index in [0.29, 0.717) is 13.2 Å². The van der Waals surface area contributed by atoms with E-state index in [1.807, 2.05) is 13.8 Å². The van der Waals surface area contributed by atoms with Crippen LogP contribution < -0.4 is 5.32 Å². The van der Waals surface area contributed by atoms with Crippen LogP contribution in [0.25, 0.3) is 0 Å². The molecule has 1 aromatic rings. The van der Waals surface area contributed by atoms with Gasteiger partial charge >= 0.3 is 5.97 Å². The molecule has 4 nitrogen and oxygen atoms in total. The third kappa shape index (κ3) is 3.55. The van der Waals surface area contributed by atoms with Gasteiger partial charge in [-0.2, -0.15) is 0 Å². The molecule has 19 heavy (non-hydrogen) atoms. The fraction of sp³-hybridized carbons (Fsp3) is 0.533. The van der Waals surface area contributed by atoms with E-state index < -0.39 is 0 Å². The van der Waals surface area contributed by atoms with Crippen LogP contribution in [0, 0.1) is 0 Å². The van der Waals surface area contributed by atoms with Crippen molar-refractivity contribution in [3.8, 4) is 0 Å². The molecule has 1 aromatic carbocycles. The number of hydrogen-bond donors (Lipinski definition) is 1. The average Bonchev–Trinajstić information content (AvgIpc) is 2.80. The summed E-state index contributed by atoms with van der Waals surface area (Å²) in [6.07, 6.45) is 0. The molecule has 0 fully saturated rings. The molecule has 0 amide bonds. The number of rotatable bonds is 6. The number of esters is 1. The Hall–Kier alpha value is -1.39. The summed E-state index contributed by atoms with van der Waals surface area (Å²) in [7, 11) is 0. The fourth-order valence-electron chi connectivity index (χ4n) is 2.50. The van der Waals surface area contributed by atoms with Crippen LogP contribution in [0.5, 0.6) is 0 Å². The number of nitrogens with one attached hydrogen (secondary N) is 1. The van der Waals surface area contributed by atoms with E-state index in [4.69, 9.17) is 4.74 Å². The number of carbonyl (C=O) groups excluding carboxylic acids is 1. The van der Waals surface area contributed by atoms with Gasteiger partial charge < -0.3 is 10.1 Å². The van der Waals surface area contributed by atoms with Crippen molar-refractivity contribution in [1.29, 1.82) is 0 Å². The van der Waals surface area contributed by atoms with Crippen LogP contribution in [0.2, 0.25) is 0 Å². The zero-order chi connectivity index (χ0) is 13.7. The molecule has 1 heterocycles. The van der Waals surface area contributed by atoms with Crippen molar-refractivity contribution in [3.63, 3.8) is 0 Å². The monoisotopic (exact) mass is 262 g/mol. The van der Waals surface area contributed by atoms with Crippen molar-refractivity contribution < 1.29 is 9.53 Å². The number of benzene rings is 1. The second-order valence-electron chi connectivity index (χ2n) is 4.80. The Bertz CT molecular complexity index is 409. The number of likely N-dealkylation sites (N-methyl/N-ethyl adjacent to an activating group) is 1. The number of carbonyl (C=O) groups is 1. The predicted molar refractivity (Wildman–Crippen MR) is 74.7 cm³/mol. The lowest BCUT2D eigenvalue weighted by Gasteiger charge is -2.22. The summed E-state index contributed by atoms with van der Waals surface area (Å²) in [5.41, 5.74) is 2.73. The highest BCUT2D eigenvalue weighted by Gasteiger charge is 2.25. The molecule has 2 rings (SSSR count). The summed E-state index contributed by atoms with van der Waals surface area (Å²) in [6, 6.07) is 8.20. The first-order chi connectivity index (χ1) is 9.24. The maximum Gasteiger partial charge on any atom is 0.324 e. The molecule has 0 aliphatic carbocycles. The van der Waals surface area contributed by atoms with E-state index in [9.17, 15) is 4.79 Å². The summed E-state index contributed by atoms with van der Waals surface area (Å²) in [5.74, 6) is -0.152. The smallest absolute Gasteiger partial charge is 0.324 e. The zero-order valence-electron chi connectivity index (χ0n) is 11.7. The van der Waals surface area contributed by atoms with Crippen LogP contribution in [0.15, 0.2) is 24.3 Å². The Labute approximate surface area is 114 Å². The number of nitrogens with zero attached hydrogens (tertiary/aromatic N) is 1. The fourth-order valence-corrected chi connectivity index (χ4v) is 2.50. The highest BCUT2D eigenvalue weighted by molar-refractivity contribution is 5.76. The van der Waals surface area contributed by atoms with Gasteiger partial charge in [-0.3, -0.25) is 9.69 Å². The quantitative estimate of drug-likeness (QED) is 0.790. The van der Waals surface area contributed by atoms with Gasteiger partial charge in [-0.1, -0.05) is 31.2 Å². The van der Waals surface area contributed by atoms with Crippen molar-refractivity contribution in [1.82, 2.24) is 10.2 Å². The van der Waals surface area contributed by atoms with E-state index in [1.54, 1.807) is 0 Å². The van der Waals surface area contributed by atoms with E-state index in [-0.39, 0.29) is 12.0 Å². The van der Waals surface area contributed by atoms with E-state index in [2.05, 4.69) is 34.5 Å². The standard InChI is InChI=1S/C15H22N2O2/c1-3-16-14(15(18)19-4-2)11-17-9-12-7-5-6-8-13(12)10-17/h5-8,14,16H,3-4,9-11H2,1-2H3. The third-order valence-corrected chi connectivity index (χ3v) is 3.37. The van der Waals surface area contributed by atoms with Gasteiger partial charge in [0.05, 0.1) is 6.61 Å². The van der Waals surface area contributed by atoms with Gasteiger partial charge in [0.2, 0.25) is 0 Å². The first-order valence-corrected chi connectivity index (χ1v) is 6.93.